The molecule has 3 aromatic carbocycles. The van der Waals surface area contributed by atoms with E-state index < -0.39 is 5.92 Å². The summed E-state index contributed by atoms with van der Waals surface area (Å²) < 4.78 is 7.53. The van der Waals surface area contributed by atoms with Crippen LogP contribution < -0.4 is 15.6 Å². The van der Waals surface area contributed by atoms with E-state index in [1.54, 1.807) is 4.68 Å². The third-order valence-electron chi connectivity index (χ3n) is 7.18. The third kappa shape index (κ3) is 4.29. The number of ether oxygens (including phenoxy) is 1. The molecule has 2 heterocycles. The second-order valence-corrected chi connectivity index (χ2v) is 10.6. The van der Waals surface area contributed by atoms with Crippen LogP contribution in [0.25, 0.3) is 5.69 Å². The summed E-state index contributed by atoms with van der Waals surface area (Å²) in [4.78, 5) is 27.3. The standard InChI is InChI=1S/C31H29N3O3/c1-31(2)17-24-27(25(35)18-31)26(21-13-15-23(16-14-21)37-19-20-9-5-3-6-10-20)28-29(32-24)33-34(30(28)36)22-11-7-4-8-12-22/h3-16,26,32-33H,17-19H2,1-2H3/t26-/m0/s1. The zero-order valence-corrected chi connectivity index (χ0v) is 21.0. The highest BCUT2D eigenvalue weighted by Gasteiger charge is 2.42. The zero-order chi connectivity index (χ0) is 25.6. The second kappa shape index (κ2) is 8.96. The lowest BCUT2D eigenvalue weighted by molar-refractivity contribution is -0.118. The molecule has 186 valence electrons. The van der Waals surface area contributed by atoms with Crippen LogP contribution in [-0.2, 0) is 11.4 Å². The minimum atomic E-state index is -0.452. The lowest BCUT2D eigenvalue weighted by Crippen LogP contribution is -2.35. The molecular formula is C31H29N3O3. The molecule has 0 saturated heterocycles. The lowest BCUT2D eigenvalue weighted by atomic mass is 9.69. The fraction of sp³-hybridized carbons (Fsp3) is 0.226. The van der Waals surface area contributed by atoms with Gasteiger partial charge in [0.05, 0.1) is 11.3 Å². The molecule has 2 aliphatic rings. The molecule has 0 fully saturated rings. The molecular weight excluding hydrogens is 462 g/mol. The number of hydrogen-bond acceptors (Lipinski definition) is 4. The van der Waals surface area contributed by atoms with Gasteiger partial charge < -0.3 is 10.1 Å². The number of para-hydroxylation sites is 1. The number of H-pyrrole nitrogens is 1. The van der Waals surface area contributed by atoms with Gasteiger partial charge in [0.25, 0.3) is 5.56 Å². The molecule has 2 N–H and O–H groups in total. The summed E-state index contributed by atoms with van der Waals surface area (Å²) >= 11 is 0. The first-order valence-electron chi connectivity index (χ1n) is 12.6. The number of nitrogens with zero attached hydrogens (tertiary/aromatic N) is 1. The number of nitrogens with one attached hydrogen (secondary N) is 2. The summed E-state index contributed by atoms with van der Waals surface area (Å²) in [7, 11) is 0. The maximum absolute atomic E-state index is 13.8. The highest BCUT2D eigenvalue weighted by molar-refractivity contribution is 6.01. The van der Waals surface area contributed by atoms with Crippen LogP contribution in [-0.4, -0.2) is 15.6 Å². The highest BCUT2D eigenvalue weighted by atomic mass is 16.5. The highest BCUT2D eigenvalue weighted by Crippen LogP contribution is 2.48. The molecule has 6 nitrogen and oxygen atoms in total. The number of hydrogen-bond donors (Lipinski definition) is 2. The SMILES string of the molecule is CC1(C)CC(=O)C2=C(C1)Nc1[nH]n(-c3ccccc3)c(=O)c1[C@H]2c1ccc(OCc2ccccc2)cc1. The number of aromatic nitrogens is 2. The number of fused-ring (bicyclic) bond motifs is 1. The Kier molecular flexibility index (Phi) is 5.60. The van der Waals surface area contributed by atoms with Gasteiger partial charge in [0.2, 0.25) is 0 Å². The molecule has 1 atom stereocenters. The summed E-state index contributed by atoms with van der Waals surface area (Å²) in [6.45, 7) is 4.69. The van der Waals surface area contributed by atoms with E-state index in [1.807, 2.05) is 84.9 Å². The van der Waals surface area contributed by atoms with Crippen LogP contribution >= 0.6 is 0 Å². The second-order valence-electron chi connectivity index (χ2n) is 10.6. The van der Waals surface area contributed by atoms with Crippen molar-refractivity contribution in [3.8, 4) is 11.4 Å². The quantitative estimate of drug-likeness (QED) is 0.362. The molecule has 1 aromatic heterocycles. The van der Waals surface area contributed by atoms with Crippen molar-refractivity contribution in [2.75, 3.05) is 5.32 Å². The fourth-order valence-electron chi connectivity index (χ4n) is 5.48. The number of carbonyl (C=O) groups is 1. The van der Waals surface area contributed by atoms with Gasteiger partial charge in [0.15, 0.2) is 5.78 Å². The first kappa shape index (κ1) is 23.1. The predicted octanol–water partition coefficient (Wildman–Crippen LogP) is 5.95. The summed E-state index contributed by atoms with van der Waals surface area (Å²) in [5.41, 5.74) is 4.58. The van der Waals surface area contributed by atoms with Crippen LogP contribution in [0.15, 0.2) is 101 Å². The maximum atomic E-state index is 13.8. The van der Waals surface area contributed by atoms with Gasteiger partial charge in [-0.15, -0.1) is 0 Å². The van der Waals surface area contributed by atoms with E-state index in [2.05, 4.69) is 24.3 Å². The van der Waals surface area contributed by atoms with Crippen LogP contribution in [0.2, 0.25) is 0 Å². The van der Waals surface area contributed by atoms with E-state index in [0.717, 1.165) is 34.7 Å². The van der Waals surface area contributed by atoms with Gasteiger partial charge in [0.1, 0.15) is 18.2 Å². The Labute approximate surface area is 215 Å². The van der Waals surface area contributed by atoms with Crippen LogP contribution in [0.4, 0.5) is 5.82 Å². The van der Waals surface area contributed by atoms with Gasteiger partial charge in [-0.3, -0.25) is 14.7 Å². The number of aromatic amines is 1. The molecule has 1 aliphatic carbocycles. The monoisotopic (exact) mass is 491 g/mol. The average molecular weight is 492 g/mol. The first-order valence-corrected chi connectivity index (χ1v) is 12.6. The molecule has 0 spiro atoms. The molecule has 37 heavy (non-hydrogen) atoms. The minimum Gasteiger partial charge on any atom is -0.489 e. The van der Waals surface area contributed by atoms with Gasteiger partial charge in [0, 0.05) is 23.6 Å². The number of rotatable bonds is 5. The molecule has 0 bridgehead atoms. The van der Waals surface area contributed by atoms with E-state index in [9.17, 15) is 9.59 Å². The molecule has 6 heteroatoms. The molecule has 0 radical (unpaired) electrons. The molecule has 4 aromatic rings. The molecule has 1 aliphatic heterocycles. The van der Waals surface area contributed by atoms with Crippen molar-refractivity contribution in [3.05, 3.63) is 123 Å². The van der Waals surface area contributed by atoms with E-state index in [4.69, 9.17) is 4.74 Å². The smallest absolute Gasteiger partial charge is 0.277 e. The third-order valence-corrected chi connectivity index (χ3v) is 7.18. The van der Waals surface area contributed by atoms with Crippen LogP contribution in [0, 0.1) is 5.41 Å². The van der Waals surface area contributed by atoms with Crippen molar-refractivity contribution in [2.45, 2.75) is 39.2 Å². The Morgan fingerprint density at radius 2 is 1.57 bits per heavy atom. The lowest BCUT2D eigenvalue weighted by Gasteiger charge is -2.37. The fourth-order valence-corrected chi connectivity index (χ4v) is 5.48. The summed E-state index contributed by atoms with van der Waals surface area (Å²) in [5, 5.41) is 6.69. The van der Waals surface area contributed by atoms with Crippen LogP contribution in [0.5, 0.6) is 5.75 Å². The number of ketones is 1. The Morgan fingerprint density at radius 1 is 0.892 bits per heavy atom. The number of Topliss-reactive ketones (excluding diaryl/α,β-unsaturated/α-hetero) is 1. The predicted molar refractivity (Wildman–Crippen MR) is 144 cm³/mol. The van der Waals surface area contributed by atoms with Crippen molar-refractivity contribution in [3.63, 3.8) is 0 Å². The summed E-state index contributed by atoms with van der Waals surface area (Å²) in [6.07, 6.45) is 1.19. The van der Waals surface area contributed by atoms with Gasteiger partial charge in [-0.1, -0.05) is 74.5 Å². The van der Waals surface area contributed by atoms with Gasteiger partial charge in [-0.2, -0.15) is 0 Å². The number of carbonyl (C=O) groups excluding carboxylic acids is 1. The van der Waals surface area contributed by atoms with Crippen molar-refractivity contribution in [2.24, 2.45) is 5.41 Å². The molecule has 0 amide bonds. The zero-order valence-electron chi connectivity index (χ0n) is 21.0. The van der Waals surface area contributed by atoms with Gasteiger partial charge >= 0.3 is 0 Å². The Balaban J connectivity index is 1.41. The van der Waals surface area contributed by atoms with Crippen molar-refractivity contribution in [1.29, 1.82) is 0 Å². The van der Waals surface area contributed by atoms with Crippen molar-refractivity contribution in [1.82, 2.24) is 9.78 Å². The topological polar surface area (TPSA) is 76.1 Å². The van der Waals surface area contributed by atoms with E-state index in [1.165, 1.54) is 0 Å². The van der Waals surface area contributed by atoms with Crippen molar-refractivity contribution >= 4 is 11.6 Å². The average Bonchev–Trinajstić information content (AvgIpc) is 3.23. The van der Waals surface area contributed by atoms with Crippen LogP contribution in [0.1, 0.15) is 49.3 Å². The van der Waals surface area contributed by atoms with Gasteiger partial charge in [-0.25, -0.2) is 4.68 Å². The maximum Gasteiger partial charge on any atom is 0.277 e. The first-order chi connectivity index (χ1) is 17.9. The van der Waals surface area contributed by atoms with E-state index >= 15 is 0 Å². The van der Waals surface area contributed by atoms with E-state index in [0.29, 0.717) is 30.0 Å². The Bertz CT molecular complexity index is 1540. The number of anilines is 1. The van der Waals surface area contributed by atoms with Gasteiger partial charge in [-0.05, 0) is 47.2 Å². The van der Waals surface area contributed by atoms with E-state index in [-0.39, 0.29) is 16.8 Å². The minimum absolute atomic E-state index is 0.0886. The summed E-state index contributed by atoms with van der Waals surface area (Å²) in [6, 6.07) is 27.3. The Morgan fingerprint density at radius 3 is 2.27 bits per heavy atom. The molecule has 6 rings (SSSR count). The largest absolute Gasteiger partial charge is 0.489 e. The van der Waals surface area contributed by atoms with Crippen molar-refractivity contribution < 1.29 is 9.53 Å². The molecule has 0 unspecified atom stereocenters. The number of allylic oxidation sites excluding steroid dienone is 2. The normalized spacial score (nSPS) is 18.1. The summed E-state index contributed by atoms with van der Waals surface area (Å²) in [5.74, 6) is 1.02. The Hall–Kier alpha value is -4.32. The number of benzene rings is 3. The molecule has 0 saturated carbocycles. The van der Waals surface area contributed by atoms with Crippen LogP contribution in [0.3, 0.4) is 0 Å².